The van der Waals surface area contributed by atoms with Gasteiger partial charge in [-0.2, -0.15) is 5.26 Å². The van der Waals surface area contributed by atoms with Gasteiger partial charge in [0.2, 0.25) is 0 Å². The highest BCUT2D eigenvalue weighted by atomic mass is 16.2. The third-order valence-corrected chi connectivity index (χ3v) is 2.45. The number of anilines is 1. The van der Waals surface area contributed by atoms with Gasteiger partial charge in [-0.3, -0.25) is 14.7 Å². The Kier molecular flexibility index (Phi) is 3.30. The molecular formula is C13H10N4O. The highest BCUT2D eigenvalue weighted by Crippen LogP contribution is 2.12. The molecule has 5 heteroatoms. The van der Waals surface area contributed by atoms with Crippen LogP contribution in [0, 0.1) is 11.3 Å². The molecule has 0 unspecified atom stereocenters. The molecule has 0 fully saturated rings. The van der Waals surface area contributed by atoms with Crippen molar-refractivity contribution in [3.05, 3.63) is 54.0 Å². The van der Waals surface area contributed by atoms with Crippen molar-refractivity contribution in [2.24, 2.45) is 0 Å². The maximum atomic E-state index is 12.1. The summed E-state index contributed by atoms with van der Waals surface area (Å²) >= 11 is 0. The summed E-state index contributed by atoms with van der Waals surface area (Å²) in [5, 5.41) is 8.68. The predicted molar refractivity (Wildman–Crippen MR) is 65.9 cm³/mol. The summed E-state index contributed by atoms with van der Waals surface area (Å²) in [5.74, 6) is 0.324. The van der Waals surface area contributed by atoms with Crippen LogP contribution in [-0.2, 0) is 0 Å². The third kappa shape index (κ3) is 2.33. The summed E-state index contributed by atoms with van der Waals surface area (Å²) in [6.07, 6.45) is 4.56. The lowest BCUT2D eigenvalue weighted by Gasteiger charge is -2.15. The first-order valence-electron chi connectivity index (χ1n) is 5.26. The first kappa shape index (κ1) is 11.7. The fourth-order valence-corrected chi connectivity index (χ4v) is 1.44. The molecule has 0 aliphatic carbocycles. The lowest BCUT2D eigenvalue weighted by Crippen LogP contribution is -2.27. The van der Waals surface area contributed by atoms with Gasteiger partial charge in [-0.05, 0) is 24.3 Å². The van der Waals surface area contributed by atoms with Gasteiger partial charge < -0.3 is 0 Å². The van der Waals surface area contributed by atoms with Crippen molar-refractivity contribution in [2.45, 2.75) is 0 Å². The van der Waals surface area contributed by atoms with E-state index in [0.29, 0.717) is 16.9 Å². The summed E-state index contributed by atoms with van der Waals surface area (Å²) in [5.41, 5.74) is 1.00. The molecule has 18 heavy (non-hydrogen) atoms. The van der Waals surface area contributed by atoms with E-state index in [0.717, 1.165) is 0 Å². The number of carbonyl (C=O) groups is 1. The van der Waals surface area contributed by atoms with E-state index in [-0.39, 0.29) is 5.91 Å². The number of aromatic nitrogens is 2. The zero-order chi connectivity index (χ0) is 13.0. The normalized spacial score (nSPS) is 9.56. The molecule has 0 aromatic carbocycles. The molecule has 2 heterocycles. The van der Waals surface area contributed by atoms with Crippen molar-refractivity contribution in [3.8, 4) is 6.07 Å². The third-order valence-electron chi connectivity index (χ3n) is 2.45. The molecule has 0 aliphatic heterocycles. The Balaban J connectivity index is 2.23. The highest BCUT2D eigenvalue weighted by molar-refractivity contribution is 6.05. The van der Waals surface area contributed by atoms with Gasteiger partial charge in [0.05, 0.1) is 5.56 Å². The van der Waals surface area contributed by atoms with Gasteiger partial charge in [0.1, 0.15) is 11.9 Å². The Morgan fingerprint density at radius 2 is 2.00 bits per heavy atom. The van der Waals surface area contributed by atoms with Crippen LogP contribution in [0.5, 0.6) is 0 Å². The van der Waals surface area contributed by atoms with E-state index >= 15 is 0 Å². The molecule has 0 N–H and O–H groups in total. The van der Waals surface area contributed by atoms with Gasteiger partial charge in [-0.25, -0.2) is 4.98 Å². The van der Waals surface area contributed by atoms with Crippen LogP contribution in [-0.4, -0.2) is 22.9 Å². The van der Waals surface area contributed by atoms with E-state index in [1.807, 2.05) is 6.07 Å². The highest BCUT2D eigenvalue weighted by Gasteiger charge is 2.13. The van der Waals surface area contributed by atoms with Crippen molar-refractivity contribution < 1.29 is 4.79 Å². The molecule has 0 radical (unpaired) electrons. The van der Waals surface area contributed by atoms with Crippen LogP contribution in [0.25, 0.3) is 0 Å². The van der Waals surface area contributed by atoms with E-state index in [9.17, 15) is 4.79 Å². The topological polar surface area (TPSA) is 69.9 Å². The first-order valence-corrected chi connectivity index (χ1v) is 5.26. The minimum Gasteiger partial charge on any atom is -0.296 e. The first-order chi connectivity index (χ1) is 8.72. The number of rotatable bonds is 2. The van der Waals surface area contributed by atoms with E-state index < -0.39 is 0 Å². The number of pyridine rings is 2. The number of amides is 1. The predicted octanol–water partition coefficient (Wildman–Crippen LogP) is 1.62. The number of hydrogen-bond acceptors (Lipinski definition) is 4. The van der Waals surface area contributed by atoms with Crippen LogP contribution in [0.2, 0.25) is 0 Å². The number of carbonyl (C=O) groups excluding carboxylic acids is 1. The Hall–Kier alpha value is -2.74. The van der Waals surface area contributed by atoms with Gasteiger partial charge in [0.25, 0.3) is 5.91 Å². The van der Waals surface area contributed by atoms with Gasteiger partial charge in [0.15, 0.2) is 0 Å². The molecule has 0 spiro atoms. The number of nitriles is 1. The maximum Gasteiger partial charge on any atom is 0.259 e. The molecular weight excluding hydrogens is 228 g/mol. The van der Waals surface area contributed by atoms with Crippen molar-refractivity contribution in [1.82, 2.24) is 9.97 Å². The van der Waals surface area contributed by atoms with Crippen LogP contribution in [0.4, 0.5) is 5.82 Å². The average Bonchev–Trinajstić information content (AvgIpc) is 2.47. The summed E-state index contributed by atoms with van der Waals surface area (Å²) in [7, 11) is 1.64. The van der Waals surface area contributed by atoms with Crippen LogP contribution >= 0.6 is 0 Å². The molecule has 88 valence electrons. The Morgan fingerprint density at radius 3 is 2.56 bits per heavy atom. The van der Waals surface area contributed by atoms with Crippen LogP contribution in [0.15, 0.2) is 42.9 Å². The monoisotopic (exact) mass is 238 g/mol. The molecule has 0 atom stereocenters. The van der Waals surface area contributed by atoms with E-state index in [1.54, 1.807) is 43.7 Å². The summed E-state index contributed by atoms with van der Waals surface area (Å²) in [4.78, 5) is 21.4. The number of nitrogens with zero attached hydrogens (tertiary/aromatic N) is 4. The maximum absolute atomic E-state index is 12.1. The van der Waals surface area contributed by atoms with Crippen molar-refractivity contribution in [1.29, 1.82) is 5.26 Å². The molecule has 1 amide bonds. The summed E-state index contributed by atoms with van der Waals surface area (Å²) in [6, 6.07) is 8.52. The van der Waals surface area contributed by atoms with Crippen LogP contribution < -0.4 is 4.90 Å². The van der Waals surface area contributed by atoms with Crippen molar-refractivity contribution >= 4 is 11.7 Å². The zero-order valence-electron chi connectivity index (χ0n) is 9.74. The number of hydrogen-bond donors (Lipinski definition) is 0. The molecule has 2 aromatic heterocycles. The Labute approximate surface area is 104 Å². The minimum absolute atomic E-state index is 0.172. The van der Waals surface area contributed by atoms with E-state index in [2.05, 4.69) is 9.97 Å². The van der Waals surface area contributed by atoms with Crippen molar-refractivity contribution in [3.63, 3.8) is 0 Å². The van der Waals surface area contributed by atoms with Gasteiger partial charge >= 0.3 is 0 Å². The van der Waals surface area contributed by atoms with Crippen LogP contribution in [0.1, 0.15) is 15.9 Å². The lowest BCUT2D eigenvalue weighted by atomic mass is 10.2. The quantitative estimate of drug-likeness (QED) is 0.797. The molecule has 0 saturated heterocycles. The lowest BCUT2D eigenvalue weighted by molar-refractivity contribution is 0.0992. The fourth-order valence-electron chi connectivity index (χ4n) is 1.44. The van der Waals surface area contributed by atoms with Gasteiger partial charge in [-0.1, -0.05) is 0 Å². The average molecular weight is 238 g/mol. The fraction of sp³-hybridized carbons (Fsp3) is 0.0769. The molecule has 0 saturated carbocycles. The molecule has 0 aliphatic rings. The largest absolute Gasteiger partial charge is 0.296 e. The molecule has 0 bridgehead atoms. The van der Waals surface area contributed by atoms with Gasteiger partial charge in [-0.15, -0.1) is 0 Å². The van der Waals surface area contributed by atoms with Gasteiger partial charge in [0, 0.05) is 31.2 Å². The smallest absolute Gasteiger partial charge is 0.259 e. The van der Waals surface area contributed by atoms with E-state index in [4.69, 9.17) is 5.26 Å². The molecule has 2 rings (SSSR count). The Bertz CT molecular complexity index is 587. The molecule has 5 nitrogen and oxygen atoms in total. The Morgan fingerprint density at radius 1 is 1.28 bits per heavy atom. The standard InChI is InChI=1S/C13H10N4O/c1-17(12-3-2-10(8-14)9-16-12)13(18)11-4-6-15-7-5-11/h2-7,9H,1H3. The zero-order valence-corrected chi connectivity index (χ0v) is 9.74. The van der Waals surface area contributed by atoms with Crippen LogP contribution in [0.3, 0.4) is 0 Å². The summed E-state index contributed by atoms with van der Waals surface area (Å²) in [6.45, 7) is 0. The SMILES string of the molecule is CN(C(=O)c1ccncc1)c1ccc(C#N)cn1. The minimum atomic E-state index is -0.172. The second kappa shape index (κ2) is 5.06. The van der Waals surface area contributed by atoms with E-state index in [1.165, 1.54) is 11.1 Å². The van der Waals surface area contributed by atoms with Crippen molar-refractivity contribution in [2.75, 3.05) is 11.9 Å². The second-order valence-corrected chi connectivity index (χ2v) is 3.62. The summed E-state index contributed by atoms with van der Waals surface area (Å²) < 4.78 is 0. The molecule has 2 aromatic rings. The second-order valence-electron chi connectivity index (χ2n) is 3.62.